The van der Waals surface area contributed by atoms with Gasteiger partial charge in [0.05, 0.1) is 5.39 Å². The zero-order valence-electron chi connectivity index (χ0n) is 11.2. The average molecular weight is 308 g/mol. The summed E-state index contributed by atoms with van der Waals surface area (Å²) >= 11 is 0. The van der Waals surface area contributed by atoms with Crippen molar-refractivity contribution in [3.63, 3.8) is 0 Å². The van der Waals surface area contributed by atoms with E-state index in [9.17, 15) is 13.2 Å². The van der Waals surface area contributed by atoms with Gasteiger partial charge in [0.2, 0.25) is 0 Å². The molecule has 1 aromatic heterocycles. The number of anilines is 1. The SMILES string of the molecule is FC(F)(F)Oc1ccc(CNc2noc3ccccc23)cc1. The molecular weight excluding hydrogens is 297 g/mol. The monoisotopic (exact) mass is 308 g/mol. The fourth-order valence-electron chi connectivity index (χ4n) is 2.01. The van der Waals surface area contributed by atoms with E-state index in [1.165, 1.54) is 12.1 Å². The number of alkyl halides is 3. The minimum Gasteiger partial charge on any atom is -0.406 e. The summed E-state index contributed by atoms with van der Waals surface area (Å²) in [5.41, 5.74) is 1.46. The van der Waals surface area contributed by atoms with Crippen molar-refractivity contribution in [1.29, 1.82) is 0 Å². The second-order valence-corrected chi connectivity index (χ2v) is 4.57. The predicted molar refractivity (Wildman–Crippen MR) is 74.5 cm³/mol. The molecule has 2 aromatic carbocycles. The molecular formula is C15H11F3N2O2. The van der Waals surface area contributed by atoms with Crippen LogP contribution >= 0.6 is 0 Å². The Labute approximate surface area is 123 Å². The molecule has 4 nitrogen and oxygen atoms in total. The Balaban J connectivity index is 1.66. The van der Waals surface area contributed by atoms with Crippen LogP contribution in [0.3, 0.4) is 0 Å². The van der Waals surface area contributed by atoms with Gasteiger partial charge < -0.3 is 14.6 Å². The van der Waals surface area contributed by atoms with Crippen LogP contribution < -0.4 is 10.1 Å². The molecule has 3 aromatic rings. The first kappa shape index (κ1) is 14.2. The van der Waals surface area contributed by atoms with Crippen molar-refractivity contribution in [2.75, 3.05) is 5.32 Å². The largest absolute Gasteiger partial charge is 0.573 e. The smallest absolute Gasteiger partial charge is 0.406 e. The Hall–Kier alpha value is -2.70. The molecule has 0 fully saturated rings. The van der Waals surface area contributed by atoms with E-state index in [2.05, 4.69) is 15.2 Å². The van der Waals surface area contributed by atoms with Gasteiger partial charge in [-0.3, -0.25) is 0 Å². The molecule has 114 valence electrons. The summed E-state index contributed by atoms with van der Waals surface area (Å²) in [6, 6.07) is 13.0. The summed E-state index contributed by atoms with van der Waals surface area (Å²) in [7, 11) is 0. The minimum absolute atomic E-state index is 0.247. The van der Waals surface area contributed by atoms with Crippen molar-refractivity contribution in [2.45, 2.75) is 12.9 Å². The molecule has 0 atom stereocenters. The van der Waals surface area contributed by atoms with Gasteiger partial charge in [0, 0.05) is 6.54 Å². The third kappa shape index (κ3) is 3.30. The van der Waals surface area contributed by atoms with Gasteiger partial charge in [0.1, 0.15) is 5.75 Å². The van der Waals surface area contributed by atoms with Crippen LogP contribution in [0.4, 0.5) is 19.0 Å². The van der Waals surface area contributed by atoms with Crippen molar-refractivity contribution in [3.8, 4) is 5.75 Å². The maximum atomic E-state index is 12.1. The summed E-state index contributed by atoms with van der Waals surface area (Å²) in [6.07, 6.45) is -4.68. The molecule has 0 spiro atoms. The maximum Gasteiger partial charge on any atom is 0.573 e. The van der Waals surface area contributed by atoms with Gasteiger partial charge in [-0.05, 0) is 29.8 Å². The van der Waals surface area contributed by atoms with Crippen molar-refractivity contribution >= 4 is 16.8 Å². The lowest BCUT2D eigenvalue weighted by molar-refractivity contribution is -0.274. The average Bonchev–Trinajstić information content (AvgIpc) is 2.88. The highest BCUT2D eigenvalue weighted by atomic mass is 19.4. The molecule has 0 amide bonds. The number of ether oxygens (including phenoxy) is 1. The number of benzene rings is 2. The normalized spacial score (nSPS) is 11.6. The number of rotatable bonds is 4. The first-order valence-corrected chi connectivity index (χ1v) is 6.44. The zero-order valence-corrected chi connectivity index (χ0v) is 11.2. The molecule has 0 saturated carbocycles. The Morgan fingerprint density at radius 1 is 1.05 bits per heavy atom. The number of hydrogen-bond acceptors (Lipinski definition) is 4. The van der Waals surface area contributed by atoms with Crippen LogP contribution in [-0.4, -0.2) is 11.5 Å². The molecule has 3 rings (SSSR count). The van der Waals surface area contributed by atoms with E-state index < -0.39 is 6.36 Å². The van der Waals surface area contributed by atoms with Crippen molar-refractivity contribution < 1.29 is 22.4 Å². The van der Waals surface area contributed by atoms with E-state index in [4.69, 9.17) is 4.52 Å². The number of para-hydroxylation sites is 1. The molecule has 0 aliphatic carbocycles. The first-order valence-electron chi connectivity index (χ1n) is 6.44. The van der Waals surface area contributed by atoms with E-state index >= 15 is 0 Å². The number of nitrogens with zero attached hydrogens (tertiary/aromatic N) is 1. The van der Waals surface area contributed by atoms with Gasteiger partial charge in [0.15, 0.2) is 11.4 Å². The van der Waals surface area contributed by atoms with Gasteiger partial charge >= 0.3 is 6.36 Å². The van der Waals surface area contributed by atoms with Crippen LogP contribution in [-0.2, 0) is 6.54 Å². The number of nitrogens with one attached hydrogen (secondary N) is 1. The number of fused-ring (bicyclic) bond motifs is 1. The van der Waals surface area contributed by atoms with Gasteiger partial charge in [-0.15, -0.1) is 13.2 Å². The van der Waals surface area contributed by atoms with Crippen LogP contribution in [0.15, 0.2) is 53.1 Å². The standard InChI is InChI=1S/C15H11F3N2O2/c16-15(17,18)21-11-7-5-10(6-8-11)9-19-14-12-3-1-2-4-13(12)22-20-14/h1-8H,9H2,(H,19,20). The Morgan fingerprint density at radius 3 is 2.50 bits per heavy atom. The summed E-state index contributed by atoms with van der Waals surface area (Å²) in [5, 5.41) is 7.85. The topological polar surface area (TPSA) is 47.3 Å². The third-order valence-electron chi connectivity index (χ3n) is 2.99. The summed E-state index contributed by atoms with van der Waals surface area (Å²) in [6.45, 7) is 0.406. The molecule has 0 saturated heterocycles. The molecule has 0 aliphatic heterocycles. The van der Waals surface area contributed by atoms with E-state index in [0.717, 1.165) is 10.9 Å². The lowest BCUT2D eigenvalue weighted by Gasteiger charge is -2.09. The molecule has 1 N–H and O–H groups in total. The lowest BCUT2D eigenvalue weighted by atomic mass is 10.2. The fourth-order valence-corrected chi connectivity index (χ4v) is 2.01. The summed E-state index contributed by atoms with van der Waals surface area (Å²) < 4.78 is 45.2. The number of halogens is 3. The molecule has 0 radical (unpaired) electrons. The van der Waals surface area contributed by atoms with Gasteiger partial charge in [-0.2, -0.15) is 0 Å². The highest BCUT2D eigenvalue weighted by Gasteiger charge is 2.30. The number of aromatic nitrogens is 1. The fraction of sp³-hybridized carbons (Fsp3) is 0.133. The third-order valence-corrected chi connectivity index (χ3v) is 2.99. The highest BCUT2D eigenvalue weighted by Crippen LogP contribution is 2.24. The highest BCUT2D eigenvalue weighted by molar-refractivity contribution is 5.87. The molecule has 0 unspecified atom stereocenters. The Kier molecular flexibility index (Phi) is 3.62. The lowest BCUT2D eigenvalue weighted by Crippen LogP contribution is -2.17. The van der Waals surface area contributed by atoms with Gasteiger partial charge in [-0.25, -0.2) is 0 Å². The van der Waals surface area contributed by atoms with E-state index in [-0.39, 0.29) is 5.75 Å². The predicted octanol–water partition coefficient (Wildman–Crippen LogP) is 4.34. The molecule has 0 bridgehead atoms. The van der Waals surface area contributed by atoms with Crippen LogP contribution in [0, 0.1) is 0 Å². The zero-order chi connectivity index (χ0) is 15.6. The van der Waals surface area contributed by atoms with E-state index in [0.29, 0.717) is 17.9 Å². The van der Waals surface area contributed by atoms with Crippen molar-refractivity contribution in [2.24, 2.45) is 0 Å². The summed E-state index contributed by atoms with van der Waals surface area (Å²) in [4.78, 5) is 0. The second-order valence-electron chi connectivity index (χ2n) is 4.57. The van der Waals surface area contributed by atoms with E-state index in [1.807, 2.05) is 18.2 Å². The van der Waals surface area contributed by atoms with Crippen LogP contribution in [0.2, 0.25) is 0 Å². The molecule has 1 heterocycles. The molecule has 22 heavy (non-hydrogen) atoms. The quantitative estimate of drug-likeness (QED) is 0.779. The van der Waals surface area contributed by atoms with Crippen LogP contribution in [0.1, 0.15) is 5.56 Å². The molecule has 7 heteroatoms. The number of hydrogen-bond donors (Lipinski definition) is 1. The van der Waals surface area contributed by atoms with Gasteiger partial charge in [0.25, 0.3) is 0 Å². The molecule has 0 aliphatic rings. The van der Waals surface area contributed by atoms with E-state index in [1.54, 1.807) is 18.2 Å². The maximum absolute atomic E-state index is 12.1. The van der Waals surface area contributed by atoms with Crippen LogP contribution in [0.25, 0.3) is 11.0 Å². The van der Waals surface area contributed by atoms with Crippen molar-refractivity contribution in [1.82, 2.24) is 5.16 Å². The minimum atomic E-state index is -4.68. The summed E-state index contributed by atoms with van der Waals surface area (Å²) in [5.74, 6) is 0.342. The van der Waals surface area contributed by atoms with Gasteiger partial charge in [-0.1, -0.05) is 29.4 Å². The second kappa shape index (κ2) is 5.59. The van der Waals surface area contributed by atoms with Crippen molar-refractivity contribution in [3.05, 3.63) is 54.1 Å². The van der Waals surface area contributed by atoms with Crippen LogP contribution in [0.5, 0.6) is 5.75 Å². The first-order chi connectivity index (χ1) is 10.5. The Morgan fingerprint density at radius 2 is 1.77 bits per heavy atom. The Bertz CT molecular complexity index is 766.